The van der Waals surface area contributed by atoms with Gasteiger partial charge in [0.05, 0.1) is 5.52 Å². The first-order valence-corrected chi connectivity index (χ1v) is 8.10. The molecule has 0 amide bonds. The van der Waals surface area contributed by atoms with Crippen LogP contribution in [0.3, 0.4) is 0 Å². The largest absolute Gasteiger partial charge is 0.330 e. The fraction of sp³-hybridized carbons (Fsp3) is 0.462. The Morgan fingerprint density at radius 2 is 1.95 bits per heavy atom. The van der Waals surface area contributed by atoms with Crippen molar-refractivity contribution >= 4 is 35.0 Å². The quantitative estimate of drug-likeness (QED) is 0.881. The van der Waals surface area contributed by atoms with E-state index in [1.807, 2.05) is 11.8 Å². The molecule has 1 aliphatic rings. The predicted octanol–water partition coefficient (Wildman–Crippen LogP) is 3.03. The van der Waals surface area contributed by atoms with Gasteiger partial charge in [0.2, 0.25) is 0 Å². The molecule has 108 valence electrons. The fourth-order valence-corrected chi connectivity index (χ4v) is 3.74. The lowest BCUT2D eigenvalue weighted by Crippen LogP contribution is -2.35. The van der Waals surface area contributed by atoms with Crippen LogP contribution in [0.1, 0.15) is 0 Å². The number of H-pyrrole nitrogens is 1. The zero-order valence-corrected chi connectivity index (χ0v) is 12.5. The molecular formula is C13H15F2N3S2. The number of fused-ring (bicyclic) bond motifs is 1. The molecule has 1 aromatic carbocycles. The first-order chi connectivity index (χ1) is 9.66. The van der Waals surface area contributed by atoms with Gasteiger partial charge in [0.15, 0.2) is 16.4 Å². The number of thioether (sulfide) groups is 1. The Morgan fingerprint density at radius 3 is 2.70 bits per heavy atom. The Bertz CT molecular complexity index is 674. The minimum absolute atomic E-state index is 0.237. The van der Waals surface area contributed by atoms with Crippen molar-refractivity contribution in [2.24, 2.45) is 0 Å². The second kappa shape index (κ2) is 5.83. The van der Waals surface area contributed by atoms with Crippen molar-refractivity contribution in [1.82, 2.24) is 14.5 Å². The van der Waals surface area contributed by atoms with Crippen LogP contribution in [0.25, 0.3) is 11.0 Å². The standard InChI is InChI=1S/C13H15F2N3S2/c14-9-1-2-10-12(11(9)15)18(13(19)16-10)4-3-17-5-7-20-8-6-17/h1-2H,3-8H2,(H,16,19). The molecule has 0 spiro atoms. The third kappa shape index (κ3) is 2.62. The number of imidazole rings is 1. The summed E-state index contributed by atoms with van der Waals surface area (Å²) < 4.78 is 29.4. The Morgan fingerprint density at radius 1 is 1.20 bits per heavy atom. The minimum Gasteiger partial charge on any atom is -0.330 e. The van der Waals surface area contributed by atoms with E-state index in [1.165, 1.54) is 6.07 Å². The molecule has 1 saturated heterocycles. The number of aromatic nitrogens is 2. The maximum Gasteiger partial charge on any atom is 0.184 e. The van der Waals surface area contributed by atoms with Crippen molar-refractivity contribution < 1.29 is 8.78 Å². The van der Waals surface area contributed by atoms with Crippen molar-refractivity contribution in [3.63, 3.8) is 0 Å². The van der Waals surface area contributed by atoms with Gasteiger partial charge in [-0.1, -0.05) is 0 Å². The van der Waals surface area contributed by atoms with Gasteiger partial charge in [0.25, 0.3) is 0 Å². The molecule has 3 nitrogen and oxygen atoms in total. The molecule has 0 saturated carbocycles. The molecule has 0 atom stereocenters. The molecular weight excluding hydrogens is 300 g/mol. The molecule has 0 radical (unpaired) electrons. The normalized spacial score (nSPS) is 16.9. The van der Waals surface area contributed by atoms with E-state index in [0.717, 1.165) is 37.2 Å². The van der Waals surface area contributed by atoms with Crippen LogP contribution in [-0.2, 0) is 6.54 Å². The number of benzene rings is 1. The summed E-state index contributed by atoms with van der Waals surface area (Å²) >= 11 is 7.17. The van der Waals surface area contributed by atoms with Gasteiger partial charge in [-0.2, -0.15) is 11.8 Å². The molecule has 0 unspecified atom stereocenters. The number of aromatic amines is 1. The average molecular weight is 315 g/mol. The van der Waals surface area contributed by atoms with Crippen LogP contribution in [0.2, 0.25) is 0 Å². The zero-order chi connectivity index (χ0) is 14.1. The number of halogens is 2. The highest BCUT2D eigenvalue weighted by molar-refractivity contribution is 7.99. The summed E-state index contributed by atoms with van der Waals surface area (Å²) in [5.41, 5.74) is 0.782. The summed E-state index contributed by atoms with van der Waals surface area (Å²) in [6.07, 6.45) is 0. The molecule has 0 bridgehead atoms. The van der Waals surface area contributed by atoms with Gasteiger partial charge >= 0.3 is 0 Å². The van der Waals surface area contributed by atoms with Crippen LogP contribution in [0.15, 0.2) is 12.1 Å². The van der Waals surface area contributed by atoms with Crippen LogP contribution in [-0.4, -0.2) is 45.6 Å². The summed E-state index contributed by atoms with van der Waals surface area (Å²) in [5, 5.41) is 0. The first-order valence-electron chi connectivity index (χ1n) is 6.53. The van der Waals surface area contributed by atoms with Crippen molar-refractivity contribution in [3.05, 3.63) is 28.5 Å². The Kier molecular flexibility index (Phi) is 4.09. The number of nitrogens with one attached hydrogen (secondary N) is 1. The number of hydrogen-bond acceptors (Lipinski definition) is 3. The van der Waals surface area contributed by atoms with Crippen LogP contribution in [0.4, 0.5) is 8.78 Å². The zero-order valence-electron chi connectivity index (χ0n) is 10.9. The Hall–Kier alpha value is -0.920. The van der Waals surface area contributed by atoms with Crippen LogP contribution in [0, 0.1) is 16.4 Å². The van der Waals surface area contributed by atoms with Gasteiger partial charge in [0.1, 0.15) is 5.52 Å². The molecule has 20 heavy (non-hydrogen) atoms. The van der Waals surface area contributed by atoms with Crippen LogP contribution >= 0.6 is 24.0 Å². The highest BCUT2D eigenvalue weighted by Crippen LogP contribution is 2.20. The molecule has 1 aromatic heterocycles. The molecule has 1 fully saturated rings. The summed E-state index contributed by atoms with van der Waals surface area (Å²) in [6.45, 7) is 3.45. The maximum atomic E-state index is 14.0. The Labute approximate surface area is 125 Å². The summed E-state index contributed by atoms with van der Waals surface area (Å²) in [5.74, 6) is 0.587. The molecule has 3 rings (SSSR count). The average Bonchev–Trinajstić information content (AvgIpc) is 2.78. The van der Waals surface area contributed by atoms with E-state index in [0.29, 0.717) is 16.8 Å². The third-order valence-electron chi connectivity index (χ3n) is 3.57. The minimum atomic E-state index is -0.838. The predicted molar refractivity (Wildman–Crippen MR) is 80.8 cm³/mol. The fourth-order valence-electron chi connectivity index (χ4n) is 2.47. The van der Waals surface area contributed by atoms with E-state index in [9.17, 15) is 8.78 Å². The van der Waals surface area contributed by atoms with E-state index in [4.69, 9.17) is 12.2 Å². The Balaban J connectivity index is 1.88. The topological polar surface area (TPSA) is 24.0 Å². The summed E-state index contributed by atoms with van der Waals surface area (Å²) in [6, 6.07) is 2.65. The summed E-state index contributed by atoms with van der Waals surface area (Å²) in [7, 11) is 0. The lowest BCUT2D eigenvalue weighted by atomic mass is 10.3. The second-order valence-electron chi connectivity index (χ2n) is 4.79. The highest BCUT2D eigenvalue weighted by Gasteiger charge is 2.15. The van der Waals surface area contributed by atoms with E-state index in [-0.39, 0.29) is 5.52 Å². The van der Waals surface area contributed by atoms with Gasteiger partial charge in [-0.15, -0.1) is 0 Å². The number of hydrogen-bond donors (Lipinski definition) is 1. The van der Waals surface area contributed by atoms with Crippen molar-refractivity contribution in [3.8, 4) is 0 Å². The molecule has 7 heteroatoms. The molecule has 2 heterocycles. The van der Waals surface area contributed by atoms with Crippen LogP contribution in [0.5, 0.6) is 0 Å². The third-order valence-corrected chi connectivity index (χ3v) is 4.83. The molecule has 0 aliphatic carbocycles. The van der Waals surface area contributed by atoms with Crippen molar-refractivity contribution in [2.75, 3.05) is 31.1 Å². The maximum absolute atomic E-state index is 14.0. The monoisotopic (exact) mass is 315 g/mol. The van der Waals surface area contributed by atoms with Crippen molar-refractivity contribution in [1.29, 1.82) is 0 Å². The van der Waals surface area contributed by atoms with Crippen molar-refractivity contribution in [2.45, 2.75) is 6.54 Å². The summed E-state index contributed by atoms with van der Waals surface area (Å²) in [4.78, 5) is 5.26. The van der Waals surface area contributed by atoms with Gasteiger partial charge in [-0.3, -0.25) is 4.90 Å². The van der Waals surface area contributed by atoms with Gasteiger partial charge in [0, 0.05) is 37.7 Å². The molecule has 2 aromatic rings. The lowest BCUT2D eigenvalue weighted by Gasteiger charge is -2.26. The van der Waals surface area contributed by atoms with Gasteiger partial charge < -0.3 is 9.55 Å². The van der Waals surface area contributed by atoms with E-state index in [1.54, 1.807) is 4.57 Å². The van der Waals surface area contributed by atoms with Gasteiger partial charge in [-0.25, -0.2) is 8.78 Å². The number of nitrogens with zero attached hydrogens (tertiary/aromatic N) is 2. The highest BCUT2D eigenvalue weighted by atomic mass is 32.2. The second-order valence-corrected chi connectivity index (χ2v) is 6.40. The SMILES string of the molecule is Fc1ccc2[nH]c(=S)n(CCN3CCSCC3)c2c1F. The number of rotatable bonds is 3. The van der Waals surface area contributed by atoms with E-state index < -0.39 is 11.6 Å². The van der Waals surface area contributed by atoms with E-state index in [2.05, 4.69) is 9.88 Å². The lowest BCUT2D eigenvalue weighted by molar-refractivity contribution is 0.290. The molecule has 1 N–H and O–H groups in total. The smallest absolute Gasteiger partial charge is 0.184 e. The van der Waals surface area contributed by atoms with E-state index >= 15 is 0 Å². The molecule has 1 aliphatic heterocycles. The first kappa shape index (κ1) is 14.0. The van der Waals surface area contributed by atoms with Gasteiger partial charge in [-0.05, 0) is 24.4 Å². The van der Waals surface area contributed by atoms with Crippen LogP contribution < -0.4 is 0 Å².